The topological polar surface area (TPSA) is 26.0 Å². The highest BCUT2D eigenvalue weighted by atomic mass is 35.5. The lowest BCUT2D eigenvalue weighted by Gasteiger charge is -2.08. The molecule has 2 rings (SSSR count). The summed E-state index contributed by atoms with van der Waals surface area (Å²) in [5, 5.41) is -0.225. The monoisotopic (exact) mass is 275 g/mol. The van der Waals surface area contributed by atoms with Crippen LogP contribution in [0, 0.1) is 23.3 Å². The van der Waals surface area contributed by atoms with Gasteiger partial charge in [0.15, 0.2) is 11.6 Å². The first kappa shape index (κ1) is 12.7. The Kier molecular flexibility index (Phi) is 3.17. The molecule has 18 heavy (non-hydrogen) atoms. The van der Waals surface area contributed by atoms with Crippen molar-refractivity contribution in [3.63, 3.8) is 0 Å². The lowest BCUT2D eigenvalue weighted by Crippen LogP contribution is -1.96. The van der Waals surface area contributed by atoms with Gasteiger partial charge in [-0.15, -0.1) is 0 Å². The van der Waals surface area contributed by atoms with Gasteiger partial charge in [-0.05, 0) is 18.2 Å². The number of halogens is 5. The molecule has 94 valence electrons. The molecule has 0 aliphatic rings. The normalized spacial score (nSPS) is 10.7. The van der Waals surface area contributed by atoms with Gasteiger partial charge >= 0.3 is 0 Å². The summed E-state index contributed by atoms with van der Waals surface area (Å²) in [5.74, 6) is -4.11. The van der Waals surface area contributed by atoms with Crippen molar-refractivity contribution in [3.05, 3.63) is 52.6 Å². The highest BCUT2D eigenvalue weighted by Crippen LogP contribution is 2.33. The van der Waals surface area contributed by atoms with Crippen LogP contribution in [0.3, 0.4) is 0 Å². The number of hydrogen-bond acceptors (Lipinski definition) is 1. The van der Waals surface area contributed by atoms with E-state index in [9.17, 15) is 17.6 Å². The summed E-state index contributed by atoms with van der Waals surface area (Å²) < 4.78 is 52.8. The Morgan fingerprint density at radius 1 is 0.722 bits per heavy atom. The van der Waals surface area contributed by atoms with Gasteiger partial charge in [-0.2, -0.15) is 0 Å². The number of anilines is 1. The summed E-state index contributed by atoms with van der Waals surface area (Å²) in [6.45, 7) is 0. The third-order valence-electron chi connectivity index (χ3n) is 2.39. The second-order valence-electron chi connectivity index (χ2n) is 3.60. The smallest absolute Gasteiger partial charge is 0.160 e. The van der Waals surface area contributed by atoms with Gasteiger partial charge in [0.05, 0.1) is 10.7 Å². The highest BCUT2D eigenvalue weighted by Gasteiger charge is 2.15. The van der Waals surface area contributed by atoms with Gasteiger partial charge in [-0.1, -0.05) is 11.6 Å². The summed E-state index contributed by atoms with van der Waals surface area (Å²) in [6.07, 6.45) is 0. The molecule has 6 heteroatoms. The lowest BCUT2D eigenvalue weighted by atomic mass is 10.0. The first-order valence-electron chi connectivity index (χ1n) is 4.79. The molecule has 0 amide bonds. The van der Waals surface area contributed by atoms with Crippen molar-refractivity contribution >= 4 is 17.3 Å². The van der Waals surface area contributed by atoms with Crippen LogP contribution >= 0.6 is 11.6 Å². The third-order valence-corrected chi connectivity index (χ3v) is 2.70. The van der Waals surface area contributed by atoms with Crippen LogP contribution in [0.5, 0.6) is 0 Å². The predicted octanol–water partition coefficient (Wildman–Crippen LogP) is 4.15. The van der Waals surface area contributed by atoms with Crippen molar-refractivity contribution in [3.8, 4) is 11.1 Å². The van der Waals surface area contributed by atoms with Crippen LogP contribution in [0.1, 0.15) is 0 Å². The van der Waals surface area contributed by atoms with Crippen molar-refractivity contribution in [2.45, 2.75) is 0 Å². The molecule has 0 saturated heterocycles. The van der Waals surface area contributed by atoms with Crippen LogP contribution < -0.4 is 5.73 Å². The van der Waals surface area contributed by atoms with Crippen LogP contribution in [-0.2, 0) is 0 Å². The largest absolute Gasteiger partial charge is 0.396 e. The Labute approximate surface area is 105 Å². The molecular weight excluding hydrogens is 270 g/mol. The van der Waals surface area contributed by atoms with E-state index < -0.39 is 23.3 Å². The standard InChI is InChI=1S/C12H6ClF4N/c13-7-3-10(16)9(15)1-5(7)6-2-11(17)12(18)4-8(6)14/h1-4H,18H2. The molecule has 0 aromatic heterocycles. The fraction of sp³-hybridized carbons (Fsp3) is 0. The van der Waals surface area contributed by atoms with Crippen LogP contribution in [0.25, 0.3) is 11.1 Å². The van der Waals surface area contributed by atoms with Crippen LogP contribution in [0.4, 0.5) is 23.2 Å². The predicted molar refractivity (Wildman–Crippen MR) is 61.1 cm³/mol. The molecule has 0 spiro atoms. The van der Waals surface area contributed by atoms with E-state index in [1.807, 2.05) is 0 Å². The summed E-state index contributed by atoms with van der Waals surface area (Å²) in [5.41, 5.74) is 4.37. The van der Waals surface area contributed by atoms with Crippen molar-refractivity contribution in [2.75, 3.05) is 5.73 Å². The minimum Gasteiger partial charge on any atom is -0.396 e. The Bertz CT molecular complexity index is 572. The van der Waals surface area contributed by atoms with Crippen LogP contribution in [0.2, 0.25) is 5.02 Å². The first-order valence-corrected chi connectivity index (χ1v) is 5.17. The van der Waals surface area contributed by atoms with E-state index in [4.69, 9.17) is 17.3 Å². The SMILES string of the molecule is Nc1cc(F)c(-c2cc(F)c(F)cc2Cl)cc1F. The Balaban J connectivity index is 2.69. The van der Waals surface area contributed by atoms with Crippen molar-refractivity contribution in [1.82, 2.24) is 0 Å². The van der Waals surface area contributed by atoms with E-state index in [1.54, 1.807) is 0 Å². The molecule has 0 saturated carbocycles. The van der Waals surface area contributed by atoms with E-state index in [0.29, 0.717) is 12.1 Å². The lowest BCUT2D eigenvalue weighted by molar-refractivity contribution is 0.509. The maximum Gasteiger partial charge on any atom is 0.160 e. The summed E-state index contributed by atoms with van der Waals surface area (Å²) in [7, 11) is 0. The number of nitrogen functional groups attached to an aromatic ring is 1. The fourth-order valence-electron chi connectivity index (χ4n) is 1.50. The van der Waals surface area contributed by atoms with Gasteiger partial charge < -0.3 is 5.73 Å². The summed E-state index contributed by atoms with van der Waals surface area (Å²) in [6, 6.07) is 2.93. The second kappa shape index (κ2) is 4.49. The van der Waals surface area contributed by atoms with E-state index in [1.165, 1.54) is 0 Å². The molecule has 0 unspecified atom stereocenters. The quantitative estimate of drug-likeness (QED) is 0.472. The van der Waals surface area contributed by atoms with Gasteiger partial charge in [0.2, 0.25) is 0 Å². The maximum atomic E-state index is 13.6. The van der Waals surface area contributed by atoms with Gasteiger partial charge in [-0.3, -0.25) is 0 Å². The molecule has 1 nitrogen and oxygen atoms in total. The number of benzene rings is 2. The Morgan fingerprint density at radius 3 is 1.94 bits per heavy atom. The molecule has 0 atom stereocenters. The molecule has 0 fully saturated rings. The average Bonchev–Trinajstić information content (AvgIpc) is 2.29. The molecule has 0 heterocycles. The number of nitrogens with two attached hydrogens (primary N) is 1. The van der Waals surface area contributed by atoms with Crippen molar-refractivity contribution < 1.29 is 17.6 Å². The van der Waals surface area contributed by atoms with E-state index in [-0.39, 0.29) is 21.8 Å². The third kappa shape index (κ3) is 2.13. The van der Waals surface area contributed by atoms with E-state index in [0.717, 1.165) is 12.1 Å². The number of rotatable bonds is 1. The van der Waals surface area contributed by atoms with E-state index >= 15 is 0 Å². The molecule has 0 aliphatic carbocycles. The first-order chi connectivity index (χ1) is 8.40. The van der Waals surface area contributed by atoms with E-state index in [2.05, 4.69) is 0 Å². The average molecular weight is 276 g/mol. The minimum absolute atomic E-state index is 0.146. The second-order valence-corrected chi connectivity index (χ2v) is 4.01. The molecular formula is C12H6ClF4N. The van der Waals surface area contributed by atoms with Gasteiger partial charge in [0.25, 0.3) is 0 Å². The number of hydrogen-bond donors (Lipinski definition) is 1. The fourth-order valence-corrected chi connectivity index (χ4v) is 1.75. The molecule has 0 bridgehead atoms. The van der Waals surface area contributed by atoms with Crippen LogP contribution in [0.15, 0.2) is 24.3 Å². The molecule has 0 radical (unpaired) electrons. The van der Waals surface area contributed by atoms with Gasteiger partial charge in [-0.25, -0.2) is 17.6 Å². The van der Waals surface area contributed by atoms with Crippen molar-refractivity contribution in [1.29, 1.82) is 0 Å². The zero-order valence-electron chi connectivity index (χ0n) is 8.78. The zero-order valence-corrected chi connectivity index (χ0v) is 9.53. The van der Waals surface area contributed by atoms with Gasteiger partial charge in [0, 0.05) is 17.2 Å². The van der Waals surface area contributed by atoms with Gasteiger partial charge in [0.1, 0.15) is 11.6 Å². The maximum absolute atomic E-state index is 13.6. The molecule has 0 aliphatic heterocycles. The van der Waals surface area contributed by atoms with Crippen LogP contribution in [-0.4, -0.2) is 0 Å². The molecule has 2 N–H and O–H groups in total. The Morgan fingerprint density at radius 2 is 1.28 bits per heavy atom. The van der Waals surface area contributed by atoms with Crippen molar-refractivity contribution in [2.24, 2.45) is 0 Å². The zero-order chi connectivity index (χ0) is 13.4. The summed E-state index contributed by atoms with van der Waals surface area (Å²) >= 11 is 5.67. The highest BCUT2D eigenvalue weighted by molar-refractivity contribution is 6.33. The molecule has 2 aromatic rings. The summed E-state index contributed by atoms with van der Waals surface area (Å²) in [4.78, 5) is 0. The Hall–Kier alpha value is -1.75. The molecule has 2 aromatic carbocycles. The minimum atomic E-state index is -1.20.